The minimum absolute atomic E-state index is 0.0980. The van der Waals surface area contributed by atoms with Crippen LogP contribution in [-0.2, 0) is 11.2 Å². The summed E-state index contributed by atoms with van der Waals surface area (Å²) < 4.78 is 12.6. The number of Topliss-reactive ketones (excluding diaryl/α,β-unsaturated/α-hetero) is 1. The molecule has 0 radical (unpaired) electrons. The molecule has 0 fully saturated rings. The highest BCUT2D eigenvalue weighted by atomic mass is 79.9. The molecule has 0 spiro atoms. The van der Waals surface area contributed by atoms with E-state index in [0.29, 0.717) is 25.2 Å². The van der Waals surface area contributed by atoms with Gasteiger partial charge >= 0.3 is 0 Å². The number of benzene rings is 2. The Kier molecular flexibility index (Phi) is 6.27. The van der Waals surface area contributed by atoms with Crippen molar-refractivity contribution in [3.63, 3.8) is 0 Å². The van der Waals surface area contributed by atoms with Crippen LogP contribution in [0.15, 0.2) is 46.9 Å². The van der Waals surface area contributed by atoms with Crippen LogP contribution in [0.4, 0.5) is 0 Å². The highest BCUT2D eigenvalue weighted by Crippen LogP contribution is 2.32. The highest BCUT2D eigenvalue weighted by molar-refractivity contribution is 9.10. The van der Waals surface area contributed by atoms with Crippen LogP contribution in [0.2, 0.25) is 0 Å². The molecule has 0 aliphatic carbocycles. The Morgan fingerprint density at radius 2 is 2.04 bits per heavy atom. The van der Waals surface area contributed by atoms with E-state index in [1.807, 2.05) is 30.3 Å². The largest absolute Gasteiger partial charge is 0.494 e. The molecule has 0 amide bonds. The number of hydrogen-bond donors (Lipinski definition) is 0. The lowest BCUT2D eigenvalue weighted by atomic mass is 9.93. The van der Waals surface area contributed by atoms with Crippen molar-refractivity contribution >= 4 is 21.7 Å². The summed E-state index contributed by atoms with van der Waals surface area (Å²) in [6.45, 7) is 3.51. The molecule has 0 N–H and O–H groups in total. The summed E-state index contributed by atoms with van der Waals surface area (Å²) in [5, 5.41) is 0. The first-order valence-corrected chi connectivity index (χ1v) is 9.62. The van der Waals surface area contributed by atoms with Gasteiger partial charge in [0, 0.05) is 16.5 Å². The molecule has 0 saturated carbocycles. The third-order valence-corrected chi connectivity index (χ3v) is 4.95. The van der Waals surface area contributed by atoms with E-state index in [1.54, 1.807) is 0 Å². The van der Waals surface area contributed by atoms with Crippen LogP contribution in [0.25, 0.3) is 0 Å². The second-order valence-corrected chi connectivity index (χ2v) is 7.22. The van der Waals surface area contributed by atoms with Gasteiger partial charge in [0.25, 0.3) is 0 Å². The molecule has 0 aromatic heterocycles. The Morgan fingerprint density at radius 3 is 2.80 bits per heavy atom. The van der Waals surface area contributed by atoms with Gasteiger partial charge < -0.3 is 9.47 Å². The van der Waals surface area contributed by atoms with Crippen LogP contribution in [0, 0.1) is 0 Å². The standard InChI is InChI=1S/C21H23BrO3/c1-2-3-11-24-18-7-4-15(5-8-18)20(23)14-21-19-9-6-17(22)13-16(19)10-12-25-21/h4-9,13,21H,2-3,10-12,14H2,1H3. The van der Waals surface area contributed by atoms with Gasteiger partial charge in [0.05, 0.1) is 19.3 Å². The van der Waals surface area contributed by atoms with E-state index in [-0.39, 0.29) is 11.9 Å². The zero-order valence-corrected chi connectivity index (χ0v) is 16.1. The second-order valence-electron chi connectivity index (χ2n) is 6.31. The van der Waals surface area contributed by atoms with Gasteiger partial charge in [-0.1, -0.05) is 35.3 Å². The smallest absolute Gasteiger partial charge is 0.165 e. The summed E-state index contributed by atoms with van der Waals surface area (Å²) in [7, 11) is 0. The zero-order chi connectivity index (χ0) is 17.6. The molecule has 132 valence electrons. The van der Waals surface area contributed by atoms with Crippen LogP contribution in [0.3, 0.4) is 0 Å². The molecular weight excluding hydrogens is 380 g/mol. The van der Waals surface area contributed by atoms with Gasteiger partial charge in [0.1, 0.15) is 5.75 Å². The molecule has 1 aliphatic rings. The third-order valence-electron chi connectivity index (χ3n) is 4.46. The first-order chi connectivity index (χ1) is 12.2. The van der Waals surface area contributed by atoms with Crippen molar-refractivity contribution in [2.45, 2.75) is 38.7 Å². The minimum Gasteiger partial charge on any atom is -0.494 e. The monoisotopic (exact) mass is 402 g/mol. The topological polar surface area (TPSA) is 35.5 Å². The van der Waals surface area contributed by atoms with Crippen molar-refractivity contribution in [2.75, 3.05) is 13.2 Å². The summed E-state index contributed by atoms with van der Waals surface area (Å²) in [4.78, 5) is 12.6. The number of ether oxygens (including phenoxy) is 2. The fourth-order valence-electron chi connectivity index (χ4n) is 3.03. The zero-order valence-electron chi connectivity index (χ0n) is 14.5. The Bertz CT molecular complexity index is 724. The fourth-order valence-corrected chi connectivity index (χ4v) is 3.44. The fraction of sp³-hybridized carbons (Fsp3) is 0.381. The Hall–Kier alpha value is -1.65. The normalized spacial score (nSPS) is 16.3. The quantitative estimate of drug-likeness (QED) is 0.452. The first-order valence-electron chi connectivity index (χ1n) is 8.83. The van der Waals surface area contributed by atoms with Crippen molar-refractivity contribution in [1.82, 2.24) is 0 Å². The molecule has 3 rings (SSSR count). The van der Waals surface area contributed by atoms with E-state index < -0.39 is 0 Å². The molecule has 0 bridgehead atoms. The van der Waals surface area contributed by atoms with Gasteiger partial charge in [0.2, 0.25) is 0 Å². The van der Waals surface area contributed by atoms with Crippen molar-refractivity contribution < 1.29 is 14.3 Å². The summed E-state index contributed by atoms with van der Waals surface area (Å²) in [6, 6.07) is 13.6. The number of rotatable bonds is 7. The summed E-state index contributed by atoms with van der Waals surface area (Å²) in [5.74, 6) is 0.912. The lowest BCUT2D eigenvalue weighted by molar-refractivity contribution is 0.0351. The number of carbonyl (C=O) groups is 1. The van der Waals surface area contributed by atoms with Gasteiger partial charge in [-0.15, -0.1) is 0 Å². The number of carbonyl (C=O) groups excluding carboxylic acids is 1. The lowest BCUT2D eigenvalue weighted by Gasteiger charge is -2.26. The van der Waals surface area contributed by atoms with Gasteiger partial charge in [0.15, 0.2) is 5.78 Å². The van der Waals surface area contributed by atoms with E-state index in [1.165, 1.54) is 5.56 Å². The van der Waals surface area contributed by atoms with Crippen LogP contribution in [0.5, 0.6) is 5.75 Å². The van der Waals surface area contributed by atoms with Gasteiger partial charge in [-0.25, -0.2) is 0 Å². The van der Waals surface area contributed by atoms with Crippen molar-refractivity contribution in [3.05, 3.63) is 63.6 Å². The van der Waals surface area contributed by atoms with Crippen LogP contribution in [-0.4, -0.2) is 19.0 Å². The van der Waals surface area contributed by atoms with Crippen molar-refractivity contribution in [3.8, 4) is 5.75 Å². The predicted octanol–water partition coefficient (Wildman–Crippen LogP) is 5.51. The highest BCUT2D eigenvalue weighted by Gasteiger charge is 2.24. The molecule has 0 saturated heterocycles. The van der Waals surface area contributed by atoms with Crippen LogP contribution < -0.4 is 4.74 Å². The average Bonchev–Trinajstić information content (AvgIpc) is 2.62. The molecule has 2 aromatic rings. The lowest BCUT2D eigenvalue weighted by Crippen LogP contribution is -2.19. The Morgan fingerprint density at radius 1 is 1.24 bits per heavy atom. The Balaban J connectivity index is 1.65. The van der Waals surface area contributed by atoms with E-state index in [4.69, 9.17) is 9.47 Å². The molecule has 1 atom stereocenters. The molecule has 2 aromatic carbocycles. The number of ketones is 1. The van der Waals surface area contributed by atoms with Crippen molar-refractivity contribution in [1.29, 1.82) is 0 Å². The van der Waals surface area contributed by atoms with Gasteiger partial charge in [-0.05, 0) is 60.4 Å². The summed E-state index contributed by atoms with van der Waals surface area (Å²) in [5.41, 5.74) is 3.09. The molecule has 3 nitrogen and oxygen atoms in total. The average molecular weight is 403 g/mol. The maximum absolute atomic E-state index is 12.6. The number of hydrogen-bond acceptors (Lipinski definition) is 3. The second kappa shape index (κ2) is 8.63. The number of halogens is 1. The molecule has 4 heteroatoms. The maximum Gasteiger partial charge on any atom is 0.165 e. The Labute approximate surface area is 157 Å². The first kappa shape index (κ1) is 18.2. The molecule has 1 unspecified atom stereocenters. The number of fused-ring (bicyclic) bond motifs is 1. The van der Waals surface area contributed by atoms with Crippen molar-refractivity contribution in [2.24, 2.45) is 0 Å². The molecular formula is C21H23BrO3. The van der Waals surface area contributed by atoms with Crippen LogP contribution >= 0.6 is 15.9 Å². The van der Waals surface area contributed by atoms with Gasteiger partial charge in [-0.2, -0.15) is 0 Å². The van der Waals surface area contributed by atoms with Gasteiger partial charge in [-0.3, -0.25) is 4.79 Å². The summed E-state index contributed by atoms with van der Waals surface area (Å²) >= 11 is 3.51. The molecule has 1 heterocycles. The third kappa shape index (κ3) is 4.71. The number of unbranched alkanes of at least 4 members (excludes halogenated alkanes) is 1. The predicted molar refractivity (Wildman–Crippen MR) is 102 cm³/mol. The van der Waals surface area contributed by atoms with E-state index >= 15 is 0 Å². The van der Waals surface area contributed by atoms with E-state index in [9.17, 15) is 4.79 Å². The van der Waals surface area contributed by atoms with Crippen LogP contribution in [0.1, 0.15) is 53.8 Å². The molecule has 1 aliphatic heterocycles. The van der Waals surface area contributed by atoms with E-state index in [0.717, 1.165) is 35.0 Å². The molecule has 25 heavy (non-hydrogen) atoms. The maximum atomic E-state index is 12.6. The summed E-state index contributed by atoms with van der Waals surface area (Å²) in [6.07, 6.45) is 3.24. The SMILES string of the molecule is CCCCOc1ccc(C(=O)CC2OCCc3cc(Br)ccc32)cc1. The van der Waals surface area contributed by atoms with E-state index in [2.05, 4.69) is 35.0 Å². The minimum atomic E-state index is -0.162.